The first-order valence-electron chi connectivity index (χ1n) is 5.33. The molecule has 6 nitrogen and oxygen atoms in total. The summed E-state index contributed by atoms with van der Waals surface area (Å²) in [5.74, 6) is 4.82. The Morgan fingerprint density at radius 3 is 2.70 bits per heavy atom. The minimum Gasteiger partial charge on any atom is -0.307 e. The highest BCUT2D eigenvalue weighted by molar-refractivity contribution is 14.1. The molecule has 0 spiro atoms. The molecule has 0 radical (unpaired) electrons. The fourth-order valence-electron chi connectivity index (χ4n) is 1.49. The molecule has 106 valence electrons. The monoisotopic (exact) mass is 408 g/mol. The Hall–Kier alpha value is -1.46. The summed E-state index contributed by atoms with van der Waals surface area (Å²) in [5, 5.41) is 0. The number of halogens is 2. The Balaban J connectivity index is 2.41. The standard InChI is InChI=1S/C11H10FIN4O2S/c12-7-3-4-9(8(13)6-7)17-20(18,19)10-2-1-5-15-11(10)16-14/h1-6,17H,14H2,(H,15,16). The van der Waals surface area contributed by atoms with Gasteiger partial charge in [0.25, 0.3) is 10.0 Å². The maximum atomic E-state index is 13.0. The van der Waals surface area contributed by atoms with Crippen molar-refractivity contribution in [3.8, 4) is 0 Å². The van der Waals surface area contributed by atoms with Crippen molar-refractivity contribution in [2.75, 3.05) is 10.1 Å². The Morgan fingerprint density at radius 2 is 2.05 bits per heavy atom. The summed E-state index contributed by atoms with van der Waals surface area (Å²) >= 11 is 1.84. The third kappa shape index (κ3) is 3.16. The van der Waals surface area contributed by atoms with E-state index in [0.717, 1.165) is 0 Å². The van der Waals surface area contributed by atoms with Gasteiger partial charge in [0.05, 0.1) is 5.69 Å². The predicted molar refractivity (Wildman–Crippen MR) is 82.0 cm³/mol. The summed E-state index contributed by atoms with van der Waals surface area (Å²) in [4.78, 5) is 3.73. The molecule has 0 saturated heterocycles. The number of pyridine rings is 1. The number of nitrogen functional groups attached to an aromatic ring is 1. The van der Waals surface area contributed by atoms with Gasteiger partial charge in [-0.15, -0.1) is 0 Å². The van der Waals surface area contributed by atoms with Gasteiger partial charge < -0.3 is 5.43 Å². The summed E-state index contributed by atoms with van der Waals surface area (Å²) in [7, 11) is -3.87. The first kappa shape index (κ1) is 14.9. The van der Waals surface area contributed by atoms with E-state index in [4.69, 9.17) is 5.84 Å². The van der Waals surface area contributed by atoms with Crippen LogP contribution in [0.1, 0.15) is 0 Å². The van der Waals surface area contributed by atoms with Crippen LogP contribution in [0.2, 0.25) is 0 Å². The van der Waals surface area contributed by atoms with Crippen molar-refractivity contribution in [3.05, 3.63) is 45.9 Å². The third-order valence-electron chi connectivity index (χ3n) is 2.37. The minimum atomic E-state index is -3.87. The van der Waals surface area contributed by atoms with E-state index in [1.165, 1.54) is 36.5 Å². The number of hydrazine groups is 1. The molecule has 2 aromatic rings. The van der Waals surface area contributed by atoms with Gasteiger partial charge in [0.15, 0.2) is 5.82 Å². The van der Waals surface area contributed by atoms with Gasteiger partial charge in [0.2, 0.25) is 0 Å². The molecule has 0 aliphatic rings. The van der Waals surface area contributed by atoms with E-state index in [-0.39, 0.29) is 16.4 Å². The number of rotatable bonds is 4. The topological polar surface area (TPSA) is 97.1 Å². The molecule has 9 heteroatoms. The van der Waals surface area contributed by atoms with Crippen molar-refractivity contribution in [3.63, 3.8) is 0 Å². The second-order valence-corrected chi connectivity index (χ2v) is 6.54. The zero-order chi connectivity index (χ0) is 14.8. The summed E-state index contributed by atoms with van der Waals surface area (Å²) in [6.07, 6.45) is 1.41. The average Bonchev–Trinajstić information content (AvgIpc) is 2.42. The number of aromatic nitrogens is 1. The number of benzene rings is 1. The van der Waals surface area contributed by atoms with Crippen LogP contribution in [0.3, 0.4) is 0 Å². The summed E-state index contributed by atoms with van der Waals surface area (Å²) in [5.41, 5.74) is 2.50. The second-order valence-electron chi connectivity index (χ2n) is 3.72. The first-order valence-corrected chi connectivity index (χ1v) is 7.90. The van der Waals surface area contributed by atoms with E-state index in [9.17, 15) is 12.8 Å². The third-order valence-corrected chi connectivity index (χ3v) is 4.66. The smallest absolute Gasteiger partial charge is 0.265 e. The normalized spacial score (nSPS) is 11.2. The number of hydrogen-bond donors (Lipinski definition) is 3. The van der Waals surface area contributed by atoms with E-state index in [2.05, 4.69) is 15.1 Å². The van der Waals surface area contributed by atoms with E-state index < -0.39 is 15.8 Å². The number of hydrogen-bond acceptors (Lipinski definition) is 5. The quantitative estimate of drug-likeness (QED) is 0.408. The Morgan fingerprint density at radius 1 is 1.30 bits per heavy atom. The SMILES string of the molecule is NNc1ncccc1S(=O)(=O)Nc1ccc(F)cc1I. The van der Waals surface area contributed by atoms with Gasteiger partial charge in [-0.25, -0.2) is 23.6 Å². The van der Waals surface area contributed by atoms with Crippen molar-refractivity contribution in [2.24, 2.45) is 5.84 Å². The molecule has 20 heavy (non-hydrogen) atoms. The van der Waals surface area contributed by atoms with Crippen LogP contribution in [0, 0.1) is 9.39 Å². The van der Waals surface area contributed by atoms with Gasteiger partial charge in [-0.3, -0.25) is 4.72 Å². The zero-order valence-electron chi connectivity index (χ0n) is 9.97. The van der Waals surface area contributed by atoms with Crippen LogP contribution in [0.25, 0.3) is 0 Å². The number of nitrogens with one attached hydrogen (secondary N) is 2. The van der Waals surface area contributed by atoms with Gasteiger partial charge in [-0.05, 0) is 52.9 Å². The van der Waals surface area contributed by atoms with Gasteiger partial charge in [-0.1, -0.05) is 0 Å². The molecule has 0 amide bonds. The number of nitrogens with two attached hydrogens (primary N) is 1. The van der Waals surface area contributed by atoms with Crippen LogP contribution in [-0.2, 0) is 10.0 Å². The number of sulfonamides is 1. The number of nitrogens with zero attached hydrogens (tertiary/aromatic N) is 1. The number of anilines is 2. The molecular weight excluding hydrogens is 398 g/mol. The van der Waals surface area contributed by atoms with E-state index >= 15 is 0 Å². The molecule has 1 aromatic heterocycles. The predicted octanol–water partition coefficient (Wildman–Crippen LogP) is 1.91. The molecule has 0 saturated carbocycles. The van der Waals surface area contributed by atoms with E-state index in [1.54, 1.807) is 0 Å². The lowest BCUT2D eigenvalue weighted by Gasteiger charge is -2.12. The Bertz CT molecular complexity index is 739. The molecule has 0 atom stereocenters. The maximum Gasteiger partial charge on any atom is 0.265 e. The van der Waals surface area contributed by atoms with Crippen molar-refractivity contribution in [2.45, 2.75) is 4.90 Å². The van der Waals surface area contributed by atoms with Gasteiger partial charge in [0, 0.05) is 9.77 Å². The van der Waals surface area contributed by atoms with Crippen LogP contribution in [0.4, 0.5) is 15.9 Å². The van der Waals surface area contributed by atoms with Crippen LogP contribution >= 0.6 is 22.6 Å². The Kier molecular flexibility index (Phi) is 4.40. The minimum absolute atomic E-state index is 0.0251. The highest BCUT2D eigenvalue weighted by Crippen LogP contribution is 2.24. The molecule has 4 N–H and O–H groups in total. The molecule has 1 heterocycles. The van der Waals surface area contributed by atoms with Gasteiger partial charge in [0.1, 0.15) is 10.7 Å². The fourth-order valence-corrected chi connectivity index (χ4v) is 3.48. The van der Waals surface area contributed by atoms with E-state index in [1.807, 2.05) is 22.6 Å². The van der Waals surface area contributed by atoms with Crippen molar-refractivity contribution in [1.82, 2.24) is 4.98 Å². The highest BCUT2D eigenvalue weighted by Gasteiger charge is 2.20. The van der Waals surface area contributed by atoms with Crippen LogP contribution in [-0.4, -0.2) is 13.4 Å². The second kappa shape index (κ2) is 5.89. The first-order chi connectivity index (χ1) is 9.44. The average molecular weight is 408 g/mol. The largest absolute Gasteiger partial charge is 0.307 e. The van der Waals surface area contributed by atoms with Crippen molar-refractivity contribution in [1.29, 1.82) is 0 Å². The summed E-state index contributed by atoms with van der Waals surface area (Å²) in [6.45, 7) is 0. The fraction of sp³-hybridized carbons (Fsp3) is 0. The molecular formula is C11H10FIN4O2S. The maximum absolute atomic E-state index is 13.0. The molecule has 2 rings (SSSR count). The summed E-state index contributed by atoms with van der Waals surface area (Å²) < 4.78 is 40.4. The van der Waals surface area contributed by atoms with Gasteiger partial charge >= 0.3 is 0 Å². The van der Waals surface area contributed by atoms with Crippen molar-refractivity contribution < 1.29 is 12.8 Å². The Labute approximate surface area is 128 Å². The lowest BCUT2D eigenvalue weighted by atomic mass is 10.3. The molecule has 0 aliphatic heterocycles. The van der Waals surface area contributed by atoms with Gasteiger partial charge in [-0.2, -0.15) is 0 Å². The van der Waals surface area contributed by atoms with Crippen LogP contribution < -0.4 is 16.0 Å². The lowest BCUT2D eigenvalue weighted by molar-refractivity contribution is 0.601. The molecule has 0 unspecified atom stereocenters. The highest BCUT2D eigenvalue weighted by atomic mass is 127. The lowest BCUT2D eigenvalue weighted by Crippen LogP contribution is -2.19. The molecule has 0 bridgehead atoms. The molecule has 1 aromatic carbocycles. The van der Waals surface area contributed by atoms with Crippen molar-refractivity contribution >= 4 is 44.1 Å². The molecule has 0 fully saturated rings. The van der Waals surface area contributed by atoms with Crippen LogP contribution in [0.15, 0.2) is 41.4 Å². The van der Waals surface area contributed by atoms with Crippen LogP contribution in [0.5, 0.6) is 0 Å². The van der Waals surface area contributed by atoms with E-state index in [0.29, 0.717) is 3.57 Å². The molecule has 0 aliphatic carbocycles. The summed E-state index contributed by atoms with van der Waals surface area (Å²) in [6, 6.07) is 6.58. The zero-order valence-corrected chi connectivity index (χ0v) is 12.9.